The summed E-state index contributed by atoms with van der Waals surface area (Å²) in [6.07, 6.45) is 1.82. The number of aromatic nitrogens is 5. The predicted molar refractivity (Wildman–Crippen MR) is 385 cm³/mol. The van der Waals surface area contributed by atoms with Gasteiger partial charge in [0.25, 0.3) is 6.71 Å². The molecule has 0 saturated heterocycles. The van der Waals surface area contributed by atoms with E-state index in [0.29, 0.717) is 11.8 Å². The smallest absolute Gasteiger partial charge is 0.252 e. The number of imidazole rings is 1. The number of halogens is 1. The number of hydrogen-bond acceptors (Lipinski definition) is 2. The molecular formula is C84H83BFIrN5-2. The van der Waals surface area contributed by atoms with Gasteiger partial charge in [0.05, 0.1) is 27.9 Å². The zero-order chi connectivity index (χ0) is 64.3. The average Bonchev–Trinajstić information content (AvgIpc) is 1.44. The van der Waals surface area contributed by atoms with Crippen LogP contribution in [-0.2, 0) is 41.8 Å². The van der Waals surface area contributed by atoms with Gasteiger partial charge in [0.2, 0.25) is 0 Å². The van der Waals surface area contributed by atoms with Gasteiger partial charge in [-0.15, -0.1) is 65.2 Å². The van der Waals surface area contributed by atoms with Crippen molar-refractivity contribution in [1.82, 2.24) is 23.7 Å². The number of pyridine rings is 1. The third-order valence-corrected chi connectivity index (χ3v) is 19.7. The fourth-order valence-corrected chi connectivity index (χ4v) is 14.3. The number of nitrogens with zero attached hydrogens (tertiary/aromatic N) is 5. The van der Waals surface area contributed by atoms with Crippen LogP contribution in [-0.4, -0.2) is 30.4 Å². The maximum absolute atomic E-state index is 12.7. The molecule has 5 nitrogen and oxygen atoms in total. The standard InChI is InChI=1S/C71H72BN4.C13H11FN.Ir/c1-40(2)49-23-20-24-50(41(3)4)64(49)76-60-26-18-17-25-57(60)73-67(76)43-22-19-21-42(31-43)44-32-61-63-62(33-44)75-59-30-28-46(69(8,9)10)35-52(59)54-37-48(71(14,15)16)39-56(66(54)75)72(63)55-38-47(70(11,12)13)36-53-51-34-45(68(5,6)7)27-29-58(51)74(61)65(53)55;1-9-7-13(15-8-10(9)2)11-3-5-12(14)6-4-11;/h17-21,23-41H,1-16H3;3,5-8H,1-2H3;/q2*-1;. The summed E-state index contributed by atoms with van der Waals surface area (Å²) in [6, 6.07) is 65.1. The molecule has 2 aliphatic heterocycles. The molecule has 0 saturated carbocycles. The number of aryl methyl sites for hydroxylation is 2. The molecule has 6 heterocycles. The van der Waals surface area contributed by atoms with Crippen molar-refractivity contribution in [3.8, 4) is 50.8 Å². The van der Waals surface area contributed by atoms with E-state index in [4.69, 9.17) is 4.98 Å². The van der Waals surface area contributed by atoms with Gasteiger partial charge in [-0.3, -0.25) is 9.37 Å². The molecule has 0 fully saturated rings. The van der Waals surface area contributed by atoms with Crippen molar-refractivity contribution < 1.29 is 24.5 Å². The van der Waals surface area contributed by atoms with Crippen LogP contribution in [0.4, 0.5) is 4.39 Å². The summed E-state index contributed by atoms with van der Waals surface area (Å²) in [5.74, 6) is 1.27. The van der Waals surface area contributed by atoms with Crippen molar-refractivity contribution >= 4 is 77.7 Å². The van der Waals surface area contributed by atoms with E-state index >= 15 is 0 Å². The zero-order valence-electron chi connectivity index (χ0n) is 56.8. The molecule has 9 aromatic carbocycles. The fourth-order valence-electron chi connectivity index (χ4n) is 14.3. The van der Waals surface area contributed by atoms with Gasteiger partial charge in [0.15, 0.2) is 0 Å². The van der Waals surface area contributed by atoms with Gasteiger partial charge >= 0.3 is 0 Å². The Labute approximate surface area is 557 Å². The SMILES string of the molecule is CC(C)c1cccc(C(C)C)c1-n1c(-c2[c-]ccc(-c3cc4c5c(c3)-n3c6ccc(C(C)(C)C)cc6c6cc(C(C)(C)C)cc(c63)B5c3cc(C(C)(C)C)cc5c6cc(C(C)(C)C)ccc6n-4c35)c2)nc2ccccc21.Cc1cnc(-c2[c-]cc(F)cc2)cc1C.[Ir]. The second-order valence-corrected chi connectivity index (χ2v) is 30.8. The Morgan fingerprint density at radius 2 is 1.01 bits per heavy atom. The summed E-state index contributed by atoms with van der Waals surface area (Å²) in [5.41, 5.74) is 30.3. The number of rotatable bonds is 6. The minimum atomic E-state index is -0.275. The minimum absolute atomic E-state index is 0. The van der Waals surface area contributed by atoms with Crippen molar-refractivity contribution in [3.63, 3.8) is 0 Å². The number of benzene rings is 9. The van der Waals surface area contributed by atoms with E-state index in [9.17, 15) is 4.39 Å². The normalized spacial score (nSPS) is 13.0. The van der Waals surface area contributed by atoms with Gasteiger partial charge in [0, 0.05) is 81.8 Å². The molecule has 8 heteroatoms. The maximum atomic E-state index is 12.7. The molecule has 1 radical (unpaired) electrons. The summed E-state index contributed by atoms with van der Waals surface area (Å²) in [6.45, 7) is 41.6. The number of hydrogen-bond donors (Lipinski definition) is 0. The Morgan fingerprint density at radius 1 is 0.478 bits per heavy atom. The molecule has 0 amide bonds. The summed E-state index contributed by atoms with van der Waals surface area (Å²) >= 11 is 0. The van der Waals surface area contributed by atoms with Crippen LogP contribution in [0.1, 0.15) is 167 Å². The molecule has 0 atom stereocenters. The molecule has 4 aromatic heterocycles. The molecule has 0 unspecified atom stereocenters. The average molecular weight is 1380 g/mol. The van der Waals surface area contributed by atoms with Crippen LogP contribution in [0.25, 0.3) is 105 Å². The van der Waals surface area contributed by atoms with Gasteiger partial charge in [-0.25, -0.2) is 0 Å². The first-order valence-electron chi connectivity index (χ1n) is 32.7. The minimum Gasteiger partial charge on any atom is -0.333 e. The van der Waals surface area contributed by atoms with Crippen molar-refractivity contribution in [2.45, 2.75) is 158 Å². The van der Waals surface area contributed by atoms with Crippen molar-refractivity contribution in [2.24, 2.45) is 0 Å². The molecule has 2 aliphatic rings. The first kappa shape index (κ1) is 62.6. The van der Waals surface area contributed by atoms with E-state index in [2.05, 4.69) is 275 Å². The summed E-state index contributed by atoms with van der Waals surface area (Å²) in [7, 11) is 0. The number of para-hydroxylation sites is 3. The van der Waals surface area contributed by atoms with Gasteiger partial charge in [-0.05, 0) is 175 Å². The topological polar surface area (TPSA) is 40.6 Å². The predicted octanol–water partition coefficient (Wildman–Crippen LogP) is 20.2. The molecule has 465 valence electrons. The van der Waals surface area contributed by atoms with E-state index in [-0.39, 0.29) is 54.3 Å². The van der Waals surface area contributed by atoms with Crippen molar-refractivity contribution in [3.05, 3.63) is 226 Å². The quantitative estimate of drug-likeness (QED) is 0.123. The van der Waals surface area contributed by atoms with Crippen LogP contribution in [0, 0.1) is 31.8 Å². The molecular weight excluding hydrogens is 1300 g/mol. The van der Waals surface area contributed by atoms with Gasteiger partial charge in [-0.1, -0.05) is 177 Å². The van der Waals surface area contributed by atoms with Crippen LogP contribution in [0.3, 0.4) is 0 Å². The Kier molecular flexibility index (Phi) is 15.2. The Morgan fingerprint density at radius 3 is 1.51 bits per heavy atom. The van der Waals surface area contributed by atoms with Crippen molar-refractivity contribution in [2.75, 3.05) is 0 Å². The number of fused-ring (bicyclic) bond motifs is 11. The van der Waals surface area contributed by atoms with Crippen LogP contribution in [0.15, 0.2) is 164 Å². The fraction of sp³-hybridized carbons (Fsp3) is 0.286. The Hall–Kier alpha value is -8.16. The first-order valence-corrected chi connectivity index (χ1v) is 32.7. The van der Waals surface area contributed by atoms with Gasteiger partial charge in [0.1, 0.15) is 0 Å². The van der Waals surface area contributed by atoms with E-state index in [1.54, 1.807) is 6.07 Å². The molecule has 0 bridgehead atoms. The van der Waals surface area contributed by atoms with Gasteiger partial charge < -0.3 is 18.7 Å². The Bertz CT molecular complexity index is 4930. The monoisotopic (exact) mass is 1380 g/mol. The van der Waals surface area contributed by atoms with Crippen LogP contribution in [0.5, 0.6) is 0 Å². The van der Waals surface area contributed by atoms with Gasteiger partial charge in [-0.2, -0.15) is 0 Å². The third kappa shape index (κ3) is 10.3. The maximum Gasteiger partial charge on any atom is 0.252 e. The molecule has 0 spiro atoms. The van der Waals surface area contributed by atoms with Crippen LogP contribution >= 0.6 is 0 Å². The molecule has 0 N–H and O–H groups in total. The summed E-state index contributed by atoms with van der Waals surface area (Å²) in [5, 5.41) is 5.31. The van der Waals surface area contributed by atoms with E-state index in [1.807, 2.05) is 26.1 Å². The van der Waals surface area contributed by atoms with Crippen LogP contribution in [0.2, 0.25) is 0 Å². The van der Waals surface area contributed by atoms with E-state index < -0.39 is 0 Å². The second-order valence-electron chi connectivity index (χ2n) is 30.8. The molecule has 92 heavy (non-hydrogen) atoms. The molecule has 15 rings (SSSR count). The summed E-state index contributed by atoms with van der Waals surface area (Å²) < 4.78 is 20.4. The zero-order valence-corrected chi connectivity index (χ0v) is 59.2. The van der Waals surface area contributed by atoms with E-state index in [0.717, 1.165) is 44.8 Å². The summed E-state index contributed by atoms with van der Waals surface area (Å²) in [4.78, 5) is 9.78. The Balaban J connectivity index is 0.000000424. The van der Waals surface area contributed by atoms with E-state index in [1.165, 1.54) is 134 Å². The van der Waals surface area contributed by atoms with Crippen molar-refractivity contribution in [1.29, 1.82) is 0 Å². The third-order valence-electron chi connectivity index (χ3n) is 19.7. The van der Waals surface area contributed by atoms with Crippen LogP contribution < -0.4 is 16.4 Å². The molecule has 13 aromatic rings. The molecule has 0 aliphatic carbocycles. The first-order chi connectivity index (χ1) is 43.0. The second kappa shape index (κ2) is 22.3. The largest absolute Gasteiger partial charge is 0.333 e.